The highest BCUT2D eigenvalue weighted by Gasteiger charge is 2.34. The van der Waals surface area contributed by atoms with Gasteiger partial charge in [0, 0.05) is 31.7 Å². The summed E-state index contributed by atoms with van der Waals surface area (Å²) in [6.45, 7) is 0.962. The lowest BCUT2D eigenvalue weighted by atomic mass is 10.1. The van der Waals surface area contributed by atoms with Crippen LogP contribution in [0.4, 0.5) is 19.0 Å². The van der Waals surface area contributed by atoms with Gasteiger partial charge in [-0.15, -0.1) is 10.2 Å². The third-order valence-corrected chi connectivity index (χ3v) is 7.95. The first kappa shape index (κ1) is 23.3. The molecule has 35 heavy (non-hydrogen) atoms. The molecule has 0 saturated carbocycles. The Hall–Kier alpha value is -3.50. The molecule has 0 aliphatic carbocycles. The summed E-state index contributed by atoms with van der Waals surface area (Å²) < 4.78 is 66.1. The highest BCUT2D eigenvalue weighted by molar-refractivity contribution is 7.89. The maximum Gasteiger partial charge on any atom is 0.416 e. The largest absolute Gasteiger partial charge is 0.416 e. The summed E-state index contributed by atoms with van der Waals surface area (Å²) in [5, 5.41) is 10.9. The van der Waals surface area contributed by atoms with Gasteiger partial charge in [-0.25, -0.2) is 8.42 Å². The number of fused-ring (bicyclic) bond motifs is 1. The van der Waals surface area contributed by atoms with Crippen molar-refractivity contribution in [2.45, 2.75) is 11.1 Å². The number of hydrogen-bond donors (Lipinski definition) is 0. The Morgan fingerprint density at radius 3 is 2.17 bits per heavy atom. The van der Waals surface area contributed by atoms with Gasteiger partial charge >= 0.3 is 6.18 Å². The van der Waals surface area contributed by atoms with Gasteiger partial charge in [-0.1, -0.05) is 42.5 Å². The number of nitrogens with zero attached hydrogens (tertiary/aromatic N) is 4. The zero-order valence-corrected chi connectivity index (χ0v) is 19.3. The molecule has 1 aliphatic rings. The molecule has 0 atom stereocenters. The van der Waals surface area contributed by atoms with Gasteiger partial charge in [0.2, 0.25) is 10.0 Å². The van der Waals surface area contributed by atoms with Crippen molar-refractivity contribution < 1.29 is 21.6 Å². The second-order valence-corrected chi connectivity index (χ2v) is 10.2. The van der Waals surface area contributed by atoms with Crippen molar-refractivity contribution in [3.05, 3.63) is 84.4 Å². The molecule has 0 spiro atoms. The molecular weight excluding hydrogens is 477 g/mol. The average molecular weight is 499 g/mol. The number of alkyl halides is 3. The third-order valence-electron chi connectivity index (χ3n) is 6.06. The summed E-state index contributed by atoms with van der Waals surface area (Å²) in [4.78, 5) is 1.55. The SMILES string of the molecule is O=S(=O)(c1cccc(C(F)(F)F)c1)N1CCN(c2ccc(-c3ccc4ccccc4c3)nn2)CC1. The predicted molar refractivity (Wildman–Crippen MR) is 127 cm³/mol. The van der Waals surface area contributed by atoms with Crippen LogP contribution in [-0.4, -0.2) is 49.1 Å². The summed E-state index contributed by atoms with van der Waals surface area (Å²) >= 11 is 0. The van der Waals surface area contributed by atoms with Crippen LogP contribution in [0.2, 0.25) is 0 Å². The maximum absolute atomic E-state index is 13.0. The first-order valence-electron chi connectivity index (χ1n) is 11.0. The van der Waals surface area contributed by atoms with Gasteiger partial charge in [0.25, 0.3) is 0 Å². The molecule has 180 valence electrons. The molecule has 0 N–H and O–H groups in total. The van der Waals surface area contributed by atoms with E-state index < -0.39 is 21.8 Å². The van der Waals surface area contributed by atoms with Crippen LogP contribution in [-0.2, 0) is 16.2 Å². The molecule has 1 aliphatic heterocycles. The molecule has 1 aromatic heterocycles. The summed E-state index contributed by atoms with van der Waals surface area (Å²) in [6, 6.07) is 21.7. The predicted octanol–water partition coefficient (Wildman–Crippen LogP) is 4.83. The van der Waals surface area contributed by atoms with E-state index >= 15 is 0 Å². The highest BCUT2D eigenvalue weighted by atomic mass is 32.2. The minimum atomic E-state index is -4.61. The van der Waals surface area contributed by atoms with Crippen LogP contribution in [0.5, 0.6) is 0 Å². The van der Waals surface area contributed by atoms with Gasteiger partial charge in [-0.05, 0) is 47.2 Å². The van der Waals surface area contributed by atoms with E-state index in [1.165, 1.54) is 10.4 Å². The van der Waals surface area contributed by atoms with Gasteiger partial charge in [0.15, 0.2) is 5.82 Å². The van der Waals surface area contributed by atoms with Gasteiger partial charge in [0.1, 0.15) is 0 Å². The molecule has 0 radical (unpaired) electrons. The van der Waals surface area contributed by atoms with Crippen LogP contribution in [0, 0.1) is 0 Å². The molecule has 0 bridgehead atoms. The van der Waals surface area contributed by atoms with E-state index in [0.29, 0.717) is 25.0 Å². The zero-order valence-electron chi connectivity index (χ0n) is 18.5. The van der Waals surface area contributed by atoms with Gasteiger partial charge < -0.3 is 4.90 Å². The van der Waals surface area contributed by atoms with Gasteiger partial charge in [0.05, 0.1) is 16.2 Å². The van der Waals surface area contributed by atoms with Crippen molar-refractivity contribution in [3.8, 4) is 11.3 Å². The van der Waals surface area contributed by atoms with Crippen LogP contribution in [0.3, 0.4) is 0 Å². The smallest absolute Gasteiger partial charge is 0.352 e. The minimum Gasteiger partial charge on any atom is -0.352 e. The van der Waals surface area contributed by atoms with Crippen molar-refractivity contribution in [1.82, 2.24) is 14.5 Å². The number of halogens is 3. The Kier molecular flexibility index (Phi) is 5.94. The first-order valence-corrected chi connectivity index (χ1v) is 12.4. The van der Waals surface area contributed by atoms with Crippen molar-refractivity contribution in [3.63, 3.8) is 0 Å². The lowest BCUT2D eigenvalue weighted by Crippen LogP contribution is -2.49. The standard InChI is InChI=1S/C25H21F3N4O2S/c26-25(27,28)21-6-3-7-22(17-21)35(33,34)32-14-12-31(13-15-32)24-11-10-23(29-30-24)20-9-8-18-4-1-2-5-19(18)16-20/h1-11,16-17H,12-15H2. The van der Waals surface area contributed by atoms with Crippen molar-refractivity contribution in [1.29, 1.82) is 0 Å². The molecule has 3 aromatic carbocycles. The fraction of sp³-hybridized carbons (Fsp3) is 0.200. The molecule has 6 nitrogen and oxygen atoms in total. The zero-order chi connectivity index (χ0) is 24.6. The second kappa shape index (κ2) is 8.94. The lowest BCUT2D eigenvalue weighted by Gasteiger charge is -2.34. The monoisotopic (exact) mass is 498 g/mol. The normalized spacial score (nSPS) is 15.5. The number of benzene rings is 3. The molecule has 1 fully saturated rings. The second-order valence-electron chi connectivity index (χ2n) is 8.26. The van der Waals surface area contributed by atoms with E-state index in [1.807, 2.05) is 53.4 Å². The molecule has 5 rings (SSSR count). The van der Waals surface area contributed by atoms with E-state index in [4.69, 9.17) is 0 Å². The van der Waals surface area contributed by atoms with Crippen LogP contribution >= 0.6 is 0 Å². The minimum absolute atomic E-state index is 0.132. The summed E-state index contributed by atoms with van der Waals surface area (Å²) in [5.74, 6) is 0.616. The number of aromatic nitrogens is 2. The molecule has 0 amide bonds. The van der Waals surface area contributed by atoms with Gasteiger partial charge in [-0.2, -0.15) is 17.5 Å². The quantitative estimate of drug-likeness (QED) is 0.403. The molecule has 2 heterocycles. The van der Waals surface area contributed by atoms with E-state index in [-0.39, 0.29) is 18.0 Å². The van der Waals surface area contributed by atoms with Crippen LogP contribution < -0.4 is 4.90 Å². The third kappa shape index (κ3) is 4.71. The Morgan fingerprint density at radius 2 is 1.49 bits per heavy atom. The Balaban J connectivity index is 1.28. The van der Waals surface area contributed by atoms with Crippen LogP contribution in [0.25, 0.3) is 22.0 Å². The fourth-order valence-electron chi connectivity index (χ4n) is 4.14. The van der Waals surface area contributed by atoms with Crippen LogP contribution in [0.1, 0.15) is 5.56 Å². The summed E-state index contributed by atoms with van der Waals surface area (Å²) in [6.07, 6.45) is -4.61. The highest BCUT2D eigenvalue weighted by Crippen LogP contribution is 2.31. The molecular formula is C25H21F3N4O2S. The topological polar surface area (TPSA) is 66.4 Å². The Bertz CT molecular complexity index is 1470. The first-order chi connectivity index (χ1) is 16.7. The van der Waals surface area contributed by atoms with Crippen molar-refractivity contribution in [2.24, 2.45) is 0 Å². The van der Waals surface area contributed by atoms with E-state index in [9.17, 15) is 21.6 Å². The molecule has 10 heteroatoms. The summed E-state index contributed by atoms with van der Waals surface area (Å²) in [7, 11) is -4.04. The Labute approximate surface area is 200 Å². The number of anilines is 1. The number of hydrogen-bond acceptors (Lipinski definition) is 5. The maximum atomic E-state index is 13.0. The molecule has 1 saturated heterocycles. The summed E-state index contributed by atoms with van der Waals surface area (Å²) in [5.41, 5.74) is 0.684. The fourth-order valence-corrected chi connectivity index (χ4v) is 5.60. The van der Waals surface area contributed by atoms with E-state index in [2.05, 4.69) is 16.3 Å². The molecule has 4 aromatic rings. The van der Waals surface area contributed by atoms with Crippen molar-refractivity contribution in [2.75, 3.05) is 31.1 Å². The number of piperazine rings is 1. The van der Waals surface area contributed by atoms with Crippen molar-refractivity contribution >= 4 is 26.6 Å². The van der Waals surface area contributed by atoms with E-state index in [1.54, 1.807) is 0 Å². The number of rotatable bonds is 4. The van der Waals surface area contributed by atoms with Crippen LogP contribution in [0.15, 0.2) is 83.8 Å². The number of sulfonamides is 1. The van der Waals surface area contributed by atoms with E-state index in [0.717, 1.165) is 34.2 Å². The molecule has 0 unspecified atom stereocenters. The Morgan fingerprint density at radius 1 is 0.743 bits per heavy atom. The average Bonchev–Trinajstić information content (AvgIpc) is 2.88. The lowest BCUT2D eigenvalue weighted by molar-refractivity contribution is -0.137. The van der Waals surface area contributed by atoms with Gasteiger partial charge in [-0.3, -0.25) is 0 Å².